The molecule has 2 heterocycles. The Morgan fingerprint density at radius 3 is 2.43 bits per heavy atom. The van der Waals surface area contributed by atoms with E-state index in [1.54, 1.807) is 65.2 Å². The van der Waals surface area contributed by atoms with E-state index in [9.17, 15) is 24.3 Å². The van der Waals surface area contributed by atoms with Crippen LogP contribution in [-0.2, 0) is 16.0 Å². The van der Waals surface area contributed by atoms with Crippen molar-refractivity contribution in [3.8, 4) is 17.2 Å². The first-order chi connectivity index (χ1) is 24.7. The minimum absolute atomic E-state index is 0.0823. The van der Waals surface area contributed by atoms with E-state index in [0.717, 1.165) is 12.8 Å². The van der Waals surface area contributed by atoms with Gasteiger partial charge in [-0.25, -0.2) is 9.59 Å². The quantitative estimate of drug-likeness (QED) is 0.0615. The molecule has 0 fully saturated rings. The van der Waals surface area contributed by atoms with Crippen molar-refractivity contribution in [3.05, 3.63) is 113 Å². The number of anilines is 1. The summed E-state index contributed by atoms with van der Waals surface area (Å²) in [6, 6.07) is 21.7. The molecule has 3 aromatic carbocycles. The fraction of sp³-hybridized carbons (Fsp3) is 0.282. The number of carbonyl (C=O) groups is 4. The lowest BCUT2D eigenvalue weighted by Crippen LogP contribution is -2.42. The van der Waals surface area contributed by atoms with E-state index in [0.29, 0.717) is 40.1 Å². The van der Waals surface area contributed by atoms with Crippen molar-refractivity contribution in [2.45, 2.75) is 51.5 Å². The molecule has 0 saturated carbocycles. The van der Waals surface area contributed by atoms with Crippen LogP contribution in [0.1, 0.15) is 65.3 Å². The Kier molecular flexibility index (Phi) is 12.5. The SMILES string of the molecule is CCCCCCCOc1ccc(C(=O)Oc2ccc(CC(NC(=O)c3cccc(NC(=O)C4=c5cccc[n+]5=NC4)c3)C(=O)O)cc2OC)cc1. The van der Waals surface area contributed by atoms with Crippen molar-refractivity contribution in [1.29, 1.82) is 0 Å². The van der Waals surface area contributed by atoms with Gasteiger partial charge < -0.3 is 30.0 Å². The molecule has 4 aromatic rings. The number of carbonyl (C=O) groups excluding carboxylic acids is 3. The van der Waals surface area contributed by atoms with Gasteiger partial charge in [-0.3, -0.25) is 9.59 Å². The van der Waals surface area contributed by atoms with E-state index < -0.39 is 23.9 Å². The highest BCUT2D eigenvalue weighted by Gasteiger charge is 2.24. The van der Waals surface area contributed by atoms with Crippen LogP contribution < -0.4 is 34.6 Å². The summed E-state index contributed by atoms with van der Waals surface area (Å²) < 4.78 is 18.4. The highest BCUT2D eigenvalue weighted by Crippen LogP contribution is 2.30. The molecule has 0 bridgehead atoms. The lowest BCUT2D eigenvalue weighted by Gasteiger charge is -2.17. The zero-order valence-corrected chi connectivity index (χ0v) is 28.6. The molecule has 0 saturated heterocycles. The second-order valence-corrected chi connectivity index (χ2v) is 12.0. The third-order valence-electron chi connectivity index (χ3n) is 8.27. The van der Waals surface area contributed by atoms with Gasteiger partial charge in [-0.05, 0) is 77.8 Å². The number of carboxylic acids is 1. The predicted molar refractivity (Wildman–Crippen MR) is 189 cm³/mol. The zero-order chi connectivity index (χ0) is 36.2. The van der Waals surface area contributed by atoms with E-state index in [-0.39, 0.29) is 35.9 Å². The number of benzene rings is 3. The standard InChI is InChI=1S/C39H40N4O8/c1-3-4-5-6-9-21-50-30-17-15-27(16-18-30)39(48)51-34-19-14-26(23-35(34)49-2)22-32(38(46)47)42-36(44)28-11-10-12-29(24-28)41-37(45)31-25-40-43-20-8-7-13-33(31)43/h7-8,10-20,23-24,32H,3-6,9,21-22,25H2,1-2H3,(H2-,41,42,44,45,46,47)/p+1. The maximum atomic E-state index is 13.2. The van der Waals surface area contributed by atoms with Crippen molar-refractivity contribution in [1.82, 2.24) is 5.32 Å². The molecule has 1 unspecified atom stereocenters. The van der Waals surface area contributed by atoms with Crippen molar-refractivity contribution < 1.29 is 42.9 Å². The van der Waals surface area contributed by atoms with Gasteiger partial charge in [0.15, 0.2) is 11.5 Å². The van der Waals surface area contributed by atoms with Crippen molar-refractivity contribution >= 4 is 35.0 Å². The normalized spacial score (nSPS) is 12.2. The summed E-state index contributed by atoms with van der Waals surface area (Å²) in [7, 11) is 1.41. The molecule has 12 nitrogen and oxygen atoms in total. The van der Waals surface area contributed by atoms with E-state index in [1.165, 1.54) is 44.6 Å². The number of aliphatic carboxylic acids is 1. The highest BCUT2D eigenvalue weighted by atomic mass is 16.6. The molecule has 264 valence electrons. The molecule has 0 radical (unpaired) electrons. The topological polar surface area (TPSA) is 159 Å². The number of esters is 1. The average Bonchev–Trinajstić information content (AvgIpc) is 3.58. The number of ether oxygens (including phenoxy) is 3. The van der Waals surface area contributed by atoms with Crippen LogP contribution in [0.2, 0.25) is 0 Å². The van der Waals surface area contributed by atoms with Crippen LogP contribution in [0.15, 0.2) is 96.2 Å². The summed E-state index contributed by atoms with van der Waals surface area (Å²) >= 11 is 0. The van der Waals surface area contributed by atoms with Gasteiger partial charge in [-0.1, -0.05) is 49.1 Å². The number of hydrogen-bond acceptors (Lipinski definition) is 8. The maximum Gasteiger partial charge on any atom is 0.343 e. The summed E-state index contributed by atoms with van der Waals surface area (Å²) in [5, 5.41) is 20.3. The lowest BCUT2D eigenvalue weighted by atomic mass is 10.0. The third-order valence-corrected chi connectivity index (χ3v) is 8.27. The molecule has 1 aromatic heterocycles. The minimum Gasteiger partial charge on any atom is -0.494 e. The molecular formula is C39H41N4O8+. The van der Waals surface area contributed by atoms with E-state index in [1.807, 2.05) is 12.1 Å². The van der Waals surface area contributed by atoms with Gasteiger partial charge in [0, 0.05) is 29.8 Å². The number of methoxy groups -OCH3 is 1. The second-order valence-electron chi connectivity index (χ2n) is 12.0. The fourth-order valence-corrected chi connectivity index (χ4v) is 5.50. The van der Waals surface area contributed by atoms with E-state index >= 15 is 0 Å². The Labute approximate surface area is 295 Å². The van der Waals surface area contributed by atoms with Crippen LogP contribution in [0.5, 0.6) is 17.2 Å². The first-order valence-corrected chi connectivity index (χ1v) is 16.9. The molecule has 1 aliphatic heterocycles. The van der Waals surface area contributed by atoms with Gasteiger partial charge >= 0.3 is 11.9 Å². The highest BCUT2D eigenvalue weighted by molar-refractivity contribution is 6.20. The number of nitrogens with one attached hydrogen (secondary N) is 2. The number of carboxylic acid groups (broad SMARTS) is 1. The number of fused-ring (bicyclic) bond motifs is 1. The monoisotopic (exact) mass is 693 g/mol. The van der Waals surface area contributed by atoms with Crippen molar-refractivity contribution in [2.75, 3.05) is 25.6 Å². The largest absolute Gasteiger partial charge is 0.494 e. The number of hydrogen-bond donors (Lipinski definition) is 3. The predicted octanol–water partition coefficient (Wildman–Crippen LogP) is 4.81. The van der Waals surface area contributed by atoms with Crippen molar-refractivity contribution in [2.24, 2.45) is 5.11 Å². The van der Waals surface area contributed by atoms with Gasteiger partial charge in [0.05, 0.1) is 19.3 Å². The molecule has 2 amide bonds. The number of rotatable bonds is 17. The number of aromatic nitrogens is 1. The summed E-state index contributed by atoms with van der Waals surface area (Å²) in [5.74, 6) is -1.79. The number of pyridine rings is 1. The molecule has 5 rings (SSSR count). The summed E-state index contributed by atoms with van der Waals surface area (Å²) in [6.45, 7) is 3.01. The molecular weight excluding hydrogens is 652 g/mol. The molecule has 3 N–H and O–H groups in total. The lowest BCUT2D eigenvalue weighted by molar-refractivity contribution is -0.557. The Morgan fingerprint density at radius 1 is 0.863 bits per heavy atom. The average molecular weight is 694 g/mol. The van der Waals surface area contributed by atoms with Crippen LogP contribution in [0.25, 0.3) is 5.57 Å². The van der Waals surface area contributed by atoms with Gasteiger partial charge in [-0.15, -0.1) is 0 Å². The zero-order valence-electron chi connectivity index (χ0n) is 28.6. The van der Waals surface area contributed by atoms with Gasteiger partial charge in [0.1, 0.15) is 23.9 Å². The second kappa shape index (κ2) is 17.6. The van der Waals surface area contributed by atoms with Gasteiger partial charge in [0.2, 0.25) is 11.5 Å². The smallest absolute Gasteiger partial charge is 0.343 e. The number of amides is 2. The summed E-state index contributed by atoms with van der Waals surface area (Å²) in [6.07, 6.45) is 7.37. The molecule has 51 heavy (non-hydrogen) atoms. The molecule has 0 spiro atoms. The van der Waals surface area contributed by atoms with Crippen LogP contribution >= 0.6 is 0 Å². The first kappa shape index (κ1) is 36.2. The number of nitrogens with zero attached hydrogens (tertiary/aromatic N) is 2. The Bertz CT molecular complexity index is 2010. The van der Waals surface area contributed by atoms with Crippen molar-refractivity contribution in [3.63, 3.8) is 0 Å². The summed E-state index contributed by atoms with van der Waals surface area (Å²) in [5.41, 5.74) is 1.86. The maximum absolute atomic E-state index is 13.2. The van der Waals surface area contributed by atoms with E-state index in [2.05, 4.69) is 22.7 Å². The van der Waals surface area contributed by atoms with Gasteiger partial charge in [-0.2, -0.15) is 0 Å². The van der Waals surface area contributed by atoms with Crippen LogP contribution in [0, 0.1) is 0 Å². The fourth-order valence-electron chi connectivity index (χ4n) is 5.50. The molecule has 1 atom stereocenters. The van der Waals surface area contributed by atoms with E-state index in [4.69, 9.17) is 14.2 Å². The van der Waals surface area contributed by atoms with Gasteiger partial charge in [0.25, 0.3) is 11.8 Å². The molecule has 0 aliphatic carbocycles. The third kappa shape index (κ3) is 9.78. The minimum atomic E-state index is -1.30. The molecule has 12 heteroatoms. The summed E-state index contributed by atoms with van der Waals surface area (Å²) in [4.78, 5) is 51.2. The van der Waals surface area contributed by atoms with Crippen LogP contribution in [0.4, 0.5) is 5.69 Å². The molecule has 1 aliphatic rings. The Hall–Kier alpha value is -6.04. The first-order valence-electron chi connectivity index (χ1n) is 16.9. The number of unbranched alkanes of at least 4 members (excludes halogenated alkanes) is 4. The Balaban J connectivity index is 1.18. The Morgan fingerprint density at radius 2 is 1.67 bits per heavy atom. The van der Waals surface area contributed by atoms with Crippen LogP contribution in [0.3, 0.4) is 0 Å². The van der Waals surface area contributed by atoms with Crippen LogP contribution in [-0.4, -0.2) is 55.2 Å².